The first-order valence-electron chi connectivity index (χ1n) is 7.88. The van der Waals surface area contributed by atoms with Crippen LogP contribution in [0, 0.1) is 0 Å². The molecule has 1 aliphatic heterocycles. The molecule has 0 bridgehead atoms. The number of nitrogens with one attached hydrogen (secondary N) is 1. The second-order valence-electron chi connectivity index (χ2n) is 5.94. The minimum absolute atomic E-state index is 0.0602. The molecule has 2 aromatic rings. The van der Waals surface area contributed by atoms with Crippen molar-refractivity contribution in [3.8, 4) is 0 Å². The van der Waals surface area contributed by atoms with Crippen LogP contribution in [-0.4, -0.2) is 20.9 Å². The van der Waals surface area contributed by atoms with Gasteiger partial charge in [-0.05, 0) is 48.9 Å². The maximum atomic E-state index is 12.6. The Morgan fingerprint density at radius 2 is 1.74 bits per heavy atom. The van der Waals surface area contributed by atoms with Crippen molar-refractivity contribution in [1.29, 1.82) is 0 Å². The van der Waals surface area contributed by atoms with Crippen molar-refractivity contribution in [2.45, 2.75) is 23.9 Å². The van der Waals surface area contributed by atoms with Gasteiger partial charge in [0.2, 0.25) is 5.91 Å². The van der Waals surface area contributed by atoms with Gasteiger partial charge in [-0.3, -0.25) is 9.52 Å². The lowest BCUT2D eigenvalue weighted by Gasteiger charge is -2.18. The Hall–Kier alpha value is -2.26. The molecule has 1 heterocycles. The third kappa shape index (κ3) is 4.19. The van der Waals surface area contributed by atoms with Crippen molar-refractivity contribution in [1.82, 2.24) is 0 Å². The summed E-state index contributed by atoms with van der Waals surface area (Å²) in [5.41, 5.74) is -0.323. The molecule has 0 radical (unpaired) electrons. The van der Waals surface area contributed by atoms with Gasteiger partial charge in [0.1, 0.15) is 0 Å². The van der Waals surface area contributed by atoms with E-state index in [2.05, 4.69) is 4.72 Å². The van der Waals surface area contributed by atoms with E-state index in [1.54, 1.807) is 0 Å². The number of hydrogen-bond donors (Lipinski definition) is 1. The third-order valence-electron chi connectivity index (χ3n) is 4.06. The number of carbonyl (C=O) groups excluding carboxylic acids is 1. The zero-order chi connectivity index (χ0) is 19.8. The topological polar surface area (TPSA) is 66.5 Å². The van der Waals surface area contributed by atoms with E-state index in [-0.39, 0.29) is 21.5 Å². The lowest BCUT2D eigenvalue weighted by Crippen LogP contribution is -2.24. The number of benzene rings is 2. The monoisotopic (exact) mass is 418 g/mol. The quantitative estimate of drug-likeness (QED) is 0.805. The van der Waals surface area contributed by atoms with E-state index in [4.69, 9.17) is 11.6 Å². The lowest BCUT2D eigenvalue weighted by molar-refractivity contribution is -0.137. The summed E-state index contributed by atoms with van der Waals surface area (Å²) in [5, 5.41) is 0.192. The highest BCUT2D eigenvalue weighted by Gasteiger charge is 2.30. The van der Waals surface area contributed by atoms with E-state index in [9.17, 15) is 26.4 Å². The normalized spacial score (nSPS) is 15.3. The Morgan fingerprint density at radius 1 is 1.07 bits per heavy atom. The maximum absolute atomic E-state index is 12.6. The Kier molecular flexibility index (Phi) is 5.09. The molecule has 0 saturated carbocycles. The number of hydrogen-bond acceptors (Lipinski definition) is 3. The number of nitrogens with zero attached hydrogens (tertiary/aromatic N) is 1. The van der Waals surface area contributed by atoms with Gasteiger partial charge in [0.25, 0.3) is 10.0 Å². The molecule has 0 aromatic heterocycles. The first kappa shape index (κ1) is 19.5. The van der Waals surface area contributed by atoms with Gasteiger partial charge in [-0.1, -0.05) is 11.6 Å². The van der Waals surface area contributed by atoms with Gasteiger partial charge in [-0.15, -0.1) is 0 Å². The van der Waals surface area contributed by atoms with Gasteiger partial charge in [-0.25, -0.2) is 8.42 Å². The Morgan fingerprint density at radius 3 is 2.26 bits per heavy atom. The first-order chi connectivity index (χ1) is 12.6. The standard InChI is InChI=1S/C17H14ClF3N2O3S/c18-14-10-12(5-8-15(14)23-9-1-2-16(23)24)22-27(25,26)13-6-3-11(4-7-13)17(19,20)21/h3-8,10,22H,1-2,9H2. The first-order valence-corrected chi connectivity index (χ1v) is 9.74. The highest BCUT2D eigenvalue weighted by molar-refractivity contribution is 7.92. The van der Waals surface area contributed by atoms with Crippen LogP contribution < -0.4 is 9.62 Å². The molecule has 0 unspecified atom stereocenters. The van der Waals surface area contributed by atoms with Crippen molar-refractivity contribution in [3.63, 3.8) is 0 Å². The van der Waals surface area contributed by atoms with E-state index in [1.165, 1.54) is 23.1 Å². The van der Waals surface area contributed by atoms with E-state index < -0.39 is 21.8 Å². The van der Waals surface area contributed by atoms with Crippen molar-refractivity contribution >= 4 is 38.9 Å². The number of carbonyl (C=O) groups is 1. The van der Waals surface area contributed by atoms with Crippen LogP contribution in [0.15, 0.2) is 47.4 Å². The molecule has 1 fully saturated rings. The molecule has 3 rings (SSSR count). The number of amides is 1. The molecule has 0 spiro atoms. The van der Waals surface area contributed by atoms with Gasteiger partial charge < -0.3 is 4.90 Å². The smallest absolute Gasteiger partial charge is 0.311 e. The molecule has 0 aliphatic carbocycles. The third-order valence-corrected chi connectivity index (χ3v) is 5.76. The van der Waals surface area contributed by atoms with Crippen LogP contribution in [0.2, 0.25) is 5.02 Å². The van der Waals surface area contributed by atoms with E-state index in [0.717, 1.165) is 18.6 Å². The summed E-state index contributed by atoms with van der Waals surface area (Å²) in [5.74, 6) is -0.0602. The number of halogens is 4. The second-order valence-corrected chi connectivity index (χ2v) is 8.03. The minimum atomic E-state index is -4.55. The Bertz CT molecular complexity index is 976. The molecule has 1 aliphatic rings. The summed E-state index contributed by atoms with van der Waals surface area (Å²) >= 11 is 6.17. The van der Waals surface area contributed by atoms with Crippen molar-refractivity contribution in [2.24, 2.45) is 0 Å². The van der Waals surface area contributed by atoms with Gasteiger partial charge in [-0.2, -0.15) is 13.2 Å². The van der Waals surface area contributed by atoms with Gasteiger partial charge in [0.15, 0.2) is 0 Å². The van der Waals surface area contributed by atoms with Crippen LogP contribution in [0.25, 0.3) is 0 Å². The molecule has 144 valence electrons. The molecule has 1 amide bonds. The average Bonchev–Trinajstić information content (AvgIpc) is 3.00. The molecule has 2 aromatic carbocycles. The number of rotatable bonds is 4. The van der Waals surface area contributed by atoms with Crippen LogP contribution in [0.4, 0.5) is 24.5 Å². The Labute approximate surface area is 158 Å². The van der Waals surface area contributed by atoms with Crippen molar-refractivity contribution < 1.29 is 26.4 Å². The summed E-state index contributed by atoms with van der Waals surface area (Å²) in [6.07, 6.45) is -3.40. The summed E-state index contributed by atoms with van der Waals surface area (Å²) in [4.78, 5) is 13.0. The van der Waals surface area contributed by atoms with Crippen molar-refractivity contribution in [3.05, 3.63) is 53.1 Å². The molecular formula is C17H14ClF3N2O3S. The van der Waals surface area contributed by atoms with Gasteiger partial charge in [0.05, 0.1) is 26.9 Å². The fourth-order valence-electron chi connectivity index (χ4n) is 2.73. The van der Waals surface area contributed by atoms with Crippen LogP contribution in [-0.2, 0) is 21.0 Å². The predicted octanol–water partition coefficient (Wildman–Crippen LogP) is 4.29. The highest BCUT2D eigenvalue weighted by Crippen LogP contribution is 2.33. The fraction of sp³-hybridized carbons (Fsp3) is 0.235. The van der Waals surface area contributed by atoms with Crippen LogP contribution >= 0.6 is 11.6 Å². The molecule has 1 saturated heterocycles. The number of alkyl halides is 3. The largest absolute Gasteiger partial charge is 0.416 e. The lowest BCUT2D eigenvalue weighted by atomic mass is 10.2. The maximum Gasteiger partial charge on any atom is 0.416 e. The van der Waals surface area contributed by atoms with E-state index >= 15 is 0 Å². The molecular weight excluding hydrogens is 405 g/mol. The second kappa shape index (κ2) is 7.05. The summed E-state index contributed by atoms with van der Waals surface area (Å²) in [7, 11) is -4.09. The number of sulfonamides is 1. The van der Waals surface area contributed by atoms with Crippen LogP contribution in [0.3, 0.4) is 0 Å². The van der Waals surface area contributed by atoms with Crippen LogP contribution in [0.1, 0.15) is 18.4 Å². The molecule has 5 nitrogen and oxygen atoms in total. The van der Waals surface area contributed by atoms with E-state index in [0.29, 0.717) is 30.8 Å². The highest BCUT2D eigenvalue weighted by atomic mass is 35.5. The average molecular weight is 419 g/mol. The van der Waals surface area contributed by atoms with Crippen molar-refractivity contribution in [2.75, 3.05) is 16.2 Å². The summed E-state index contributed by atoms with van der Waals surface area (Å²) < 4.78 is 64.8. The summed E-state index contributed by atoms with van der Waals surface area (Å²) in [6.45, 7) is 0.537. The molecule has 0 atom stereocenters. The summed E-state index contributed by atoms with van der Waals surface area (Å²) in [6, 6.07) is 7.47. The number of anilines is 2. The SMILES string of the molecule is O=C1CCCN1c1ccc(NS(=O)(=O)c2ccc(C(F)(F)F)cc2)cc1Cl. The zero-order valence-electron chi connectivity index (χ0n) is 13.8. The molecule has 10 heteroatoms. The minimum Gasteiger partial charge on any atom is -0.311 e. The fourth-order valence-corrected chi connectivity index (χ4v) is 4.06. The van der Waals surface area contributed by atoms with E-state index in [1.807, 2.05) is 0 Å². The predicted molar refractivity (Wildman–Crippen MR) is 95.3 cm³/mol. The molecule has 27 heavy (non-hydrogen) atoms. The molecule has 1 N–H and O–H groups in total. The van der Waals surface area contributed by atoms with Gasteiger partial charge in [0, 0.05) is 13.0 Å². The van der Waals surface area contributed by atoms with Crippen LogP contribution in [0.5, 0.6) is 0 Å². The zero-order valence-corrected chi connectivity index (χ0v) is 15.3. The van der Waals surface area contributed by atoms with Gasteiger partial charge >= 0.3 is 6.18 Å². The Balaban J connectivity index is 1.81.